The van der Waals surface area contributed by atoms with Gasteiger partial charge in [0.1, 0.15) is 6.61 Å². The highest BCUT2D eigenvalue weighted by Crippen LogP contribution is 2.10. The SMILES string of the molecule is CC(CNC(=O)Nc1ccc(COO)cc1)(NO)ONC=O. The molecule has 10 nitrogen and oxygen atoms in total. The monoisotopic (exact) mass is 314 g/mol. The fraction of sp³-hybridized carbons (Fsp3) is 0.333. The summed E-state index contributed by atoms with van der Waals surface area (Å²) in [6.07, 6.45) is 0.285. The van der Waals surface area contributed by atoms with Gasteiger partial charge in [0.25, 0.3) is 0 Å². The minimum Gasteiger partial charge on any atom is -0.333 e. The minimum atomic E-state index is -1.39. The summed E-state index contributed by atoms with van der Waals surface area (Å²) in [7, 11) is 0. The van der Waals surface area contributed by atoms with Crippen molar-refractivity contribution in [1.82, 2.24) is 16.3 Å². The first-order chi connectivity index (χ1) is 10.5. The molecular weight excluding hydrogens is 296 g/mol. The lowest BCUT2D eigenvalue weighted by Crippen LogP contribution is -2.54. The molecule has 0 aromatic heterocycles. The maximum Gasteiger partial charge on any atom is 0.319 e. The number of anilines is 1. The second-order valence-electron chi connectivity index (χ2n) is 4.46. The highest BCUT2D eigenvalue weighted by molar-refractivity contribution is 5.89. The zero-order chi connectivity index (χ0) is 16.4. The van der Waals surface area contributed by atoms with Crippen molar-refractivity contribution < 1.29 is 29.8 Å². The molecule has 0 saturated heterocycles. The molecule has 122 valence electrons. The van der Waals surface area contributed by atoms with Crippen molar-refractivity contribution in [3.63, 3.8) is 0 Å². The zero-order valence-corrected chi connectivity index (χ0v) is 11.8. The van der Waals surface area contributed by atoms with Gasteiger partial charge in [0.15, 0.2) is 5.72 Å². The van der Waals surface area contributed by atoms with E-state index in [1.807, 2.05) is 11.0 Å². The summed E-state index contributed by atoms with van der Waals surface area (Å²) in [6.45, 7) is 1.33. The molecule has 0 saturated carbocycles. The standard InChI is InChI=1S/C12H18N4O6/c1-12(16-19,22-14-8-17)7-13-11(18)15-10-4-2-9(3-5-10)6-21-20/h2-5,8,16,19-20H,6-7H2,1H3,(H,14,17)(H2,13,15,18). The quantitative estimate of drug-likeness (QED) is 0.165. The number of carbonyl (C=O) groups is 2. The van der Waals surface area contributed by atoms with Gasteiger partial charge < -0.3 is 15.8 Å². The Kier molecular flexibility index (Phi) is 7.22. The van der Waals surface area contributed by atoms with Crippen molar-refractivity contribution >= 4 is 18.1 Å². The lowest BCUT2D eigenvalue weighted by atomic mass is 10.2. The Bertz CT molecular complexity index is 483. The van der Waals surface area contributed by atoms with Crippen LogP contribution in [0.4, 0.5) is 10.5 Å². The molecule has 1 aromatic carbocycles. The highest BCUT2D eigenvalue weighted by atomic mass is 17.1. The number of nitrogens with one attached hydrogen (secondary N) is 4. The molecule has 10 heteroatoms. The molecule has 1 aromatic rings. The number of rotatable bonds is 9. The van der Waals surface area contributed by atoms with Crippen molar-refractivity contribution in [1.29, 1.82) is 0 Å². The maximum absolute atomic E-state index is 11.7. The van der Waals surface area contributed by atoms with Crippen molar-refractivity contribution in [2.75, 3.05) is 11.9 Å². The summed E-state index contributed by atoms with van der Waals surface area (Å²) in [5.74, 6) is 0. The lowest BCUT2D eigenvalue weighted by molar-refractivity contribution is -0.253. The van der Waals surface area contributed by atoms with Crippen LogP contribution in [-0.4, -0.2) is 35.2 Å². The van der Waals surface area contributed by atoms with E-state index in [-0.39, 0.29) is 19.6 Å². The number of hydrogen-bond acceptors (Lipinski definition) is 7. The molecule has 0 heterocycles. The summed E-state index contributed by atoms with van der Waals surface area (Å²) in [6, 6.07) is 6.05. The second-order valence-corrected chi connectivity index (χ2v) is 4.46. The number of hydroxylamine groups is 2. The minimum absolute atomic E-state index is 0.0497. The maximum atomic E-state index is 11.7. The van der Waals surface area contributed by atoms with Gasteiger partial charge in [-0.15, -0.1) is 0 Å². The molecule has 0 spiro atoms. The molecular formula is C12H18N4O6. The third-order valence-corrected chi connectivity index (χ3v) is 2.60. The predicted octanol–water partition coefficient (Wildman–Crippen LogP) is 0.170. The van der Waals surface area contributed by atoms with E-state index in [2.05, 4.69) is 15.5 Å². The van der Waals surface area contributed by atoms with Gasteiger partial charge in [-0.25, -0.2) is 20.0 Å². The zero-order valence-electron chi connectivity index (χ0n) is 11.8. The van der Waals surface area contributed by atoms with Gasteiger partial charge in [-0.3, -0.25) is 10.1 Å². The van der Waals surface area contributed by atoms with E-state index in [1.165, 1.54) is 6.92 Å². The third kappa shape index (κ3) is 6.03. The number of carbonyl (C=O) groups excluding carboxylic acids is 2. The van der Waals surface area contributed by atoms with Crippen LogP contribution in [-0.2, 0) is 21.1 Å². The molecule has 22 heavy (non-hydrogen) atoms. The molecule has 1 rings (SSSR count). The van der Waals surface area contributed by atoms with Crippen LogP contribution in [0.1, 0.15) is 12.5 Å². The van der Waals surface area contributed by atoms with Crippen molar-refractivity contribution in [2.45, 2.75) is 19.3 Å². The molecule has 0 bridgehead atoms. The van der Waals surface area contributed by atoms with Gasteiger partial charge in [-0.05, 0) is 24.6 Å². The summed E-state index contributed by atoms with van der Waals surface area (Å²) < 4.78 is 0. The largest absolute Gasteiger partial charge is 0.333 e. The van der Waals surface area contributed by atoms with E-state index >= 15 is 0 Å². The van der Waals surface area contributed by atoms with Crippen molar-refractivity contribution in [2.24, 2.45) is 0 Å². The average Bonchev–Trinajstić information content (AvgIpc) is 2.53. The Morgan fingerprint density at radius 3 is 2.59 bits per heavy atom. The van der Waals surface area contributed by atoms with Crippen LogP contribution < -0.4 is 21.6 Å². The molecule has 6 N–H and O–H groups in total. The topological polar surface area (TPSA) is 141 Å². The van der Waals surface area contributed by atoms with Gasteiger partial charge in [-0.1, -0.05) is 12.1 Å². The first-order valence-electron chi connectivity index (χ1n) is 6.21. The number of hydrogen-bond donors (Lipinski definition) is 6. The Morgan fingerprint density at radius 2 is 2.05 bits per heavy atom. The Hall–Kier alpha value is -2.24. The highest BCUT2D eigenvalue weighted by Gasteiger charge is 2.25. The molecule has 1 unspecified atom stereocenters. The summed E-state index contributed by atoms with van der Waals surface area (Å²) in [5, 5.41) is 22.3. The van der Waals surface area contributed by atoms with Crippen LogP contribution >= 0.6 is 0 Å². The summed E-state index contributed by atoms with van der Waals surface area (Å²) in [4.78, 5) is 30.7. The first kappa shape index (κ1) is 17.8. The van der Waals surface area contributed by atoms with Crippen LogP contribution in [0, 0.1) is 0 Å². The van der Waals surface area contributed by atoms with Crippen LogP contribution in [0.2, 0.25) is 0 Å². The lowest BCUT2D eigenvalue weighted by Gasteiger charge is -2.26. The molecule has 0 radical (unpaired) electrons. The molecule has 1 atom stereocenters. The fourth-order valence-corrected chi connectivity index (χ4v) is 1.44. The van der Waals surface area contributed by atoms with E-state index in [0.717, 1.165) is 5.56 Å². The van der Waals surface area contributed by atoms with Crippen LogP contribution in [0.15, 0.2) is 24.3 Å². The second kappa shape index (κ2) is 8.92. The normalized spacial score (nSPS) is 13.0. The van der Waals surface area contributed by atoms with Gasteiger partial charge in [0.2, 0.25) is 6.41 Å². The number of urea groups is 1. The third-order valence-electron chi connectivity index (χ3n) is 2.60. The van der Waals surface area contributed by atoms with E-state index in [1.54, 1.807) is 24.3 Å². The van der Waals surface area contributed by atoms with E-state index in [0.29, 0.717) is 5.69 Å². The van der Waals surface area contributed by atoms with Gasteiger partial charge in [0.05, 0.1) is 6.54 Å². The number of benzene rings is 1. The molecule has 0 aliphatic carbocycles. The van der Waals surface area contributed by atoms with Crippen LogP contribution in [0.5, 0.6) is 0 Å². The van der Waals surface area contributed by atoms with Crippen LogP contribution in [0.3, 0.4) is 0 Å². The average molecular weight is 314 g/mol. The molecule has 0 fully saturated rings. The smallest absolute Gasteiger partial charge is 0.319 e. The molecule has 0 aliphatic heterocycles. The van der Waals surface area contributed by atoms with E-state index in [4.69, 9.17) is 15.3 Å². The Balaban J connectivity index is 2.46. The fourth-order valence-electron chi connectivity index (χ4n) is 1.44. The molecule has 0 aliphatic rings. The van der Waals surface area contributed by atoms with Gasteiger partial charge >= 0.3 is 6.03 Å². The van der Waals surface area contributed by atoms with Crippen molar-refractivity contribution in [3.8, 4) is 0 Å². The Morgan fingerprint density at radius 1 is 1.36 bits per heavy atom. The first-order valence-corrected chi connectivity index (χ1v) is 6.21. The van der Waals surface area contributed by atoms with Crippen LogP contribution in [0.25, 0.3) is 0 Å². The molecule has 3 amide bonds. The van der Waals surface area contributed by atoms with E-state index in [9.17, 15) is 9.59 Å². The Labute approximate surface area is 126 Å². The number of amides is 3. The summed E-state index contributed by atoms with van der Waals surface area (Å²) in [5.41, 5.74) is 3.62. The predicted molar refractivity (Wildman–Crippen MR) is 74.5 cm³/mol. The van der Waals surface area contributed by atoms with Gasteiger partial charge in [0, 0.05) is 5.69 Å². The van der Waals surface area contributed by atoms with Gasteiger partial charge in [-0.2, -0.15) is 5.48 Å². The van der Waals surface area contributed by atoms with E-state index < -0.39 is 11.8 Å². The van der Waals surface area contributed by atoms with Crippen molar-refractivity contribution in [3.05, 3.63) is 29.8 Å². The summed E-state index contributed by atoms with van der Waals surface area (Å²) >= 11 is 0.